The Morgan fingerprint density at radius 3 is 2.00 bits per heavy atom. The van der Waals surface area contributed by atoms with Gasteiger partial charge in [0.15, 0.2) is 11.4 Å². The first-order valence-corrected chi connectivity index (χ1v) is 14.9. The molecule has 0 aliphatic heterocycles. The van der Waals surface area contributed by atoms with E-state index in [2.05, 4.69) is 18.9 Å². The second-order valence-electron chi connectivity index (χ2n) is 8.05. The first kappa shape index (κ1) is 33.7. The molecular formula is C23H24F6N2O8S2. The summed E-state index contributed by atoms with van der Waals surface area (Å²) >= 11 is 0. The van der Waals surface area contributed by atoms with Crippen LogP contribution < -0.4 is 9.47 Å². The highest BCUT2D eigenvalue weighted by atomic mass is 32.2. The quantitative estimate of drug-likeness (QED) is 0.120. The number of hydrogen-bond donors (Lipinski definition) is 0. The van der Waals surface area contributed by atoms with Gasteiger partial charge in [-0.3, -0.25) is 8.57 Å². The number of rotatable bonds is 15. The maximum Gasteiger partial charge on any atom is 0.437 e. The second-order valence-corrected chi connectivity index (χ2v) is 11.3. The summed E-state index contributed by atoms with van der Waals surface area (Å²) in [7, 11) is -8.46. The van der Waals surface area contributed by atoms with Gasteiger partial charge in [-0.05, 0) is 42.8 Å². The molecule has 0 atom stereocenters. The third kappa shape index (κ3) is 11.5. The van der Waals surface area contributed by atoms with Crippen LogP contribution in [0.5, 0.6) is 11.5 Å². The van der Waals surface area contributed by atoms with Crippen molar-refractivity contribution in [1.29, 1.82) is 0 Å². The molecule has 0 spiro atoms. The molecule has 0 aromatic heterocycles. The van der Waals surface area contributed by atoms with Crippen molar-refractivity contribution in [2.45, 2.75) is 32.4 Å². The van der Waals surface area contributed by atoms with Crippen LogP contribution in [0.3, 0.4) is 0 Å². The molecular weight excluding hydrogens is 610 g/mol. The Morgan fingerprint density at radius 2 is 1.49 bits per heavy atom. The zero-order valence-electron chi connectivity index (χ0n) is 21.4. The summed E-state index contributed by atoms with van der Waals surface area (Å²) in [6.45, 7) is 1.51. The Bertz CT molecular complexity index is 1450. The van der Waals surface area contributed by atoms with Crippen molar-refractivity contribution in [3.05, 3.63) is 59.4 Å². The Morgan fingerprint density at radius 1 is 0.902 bits per heavy atom. The number of benzene rings is 2. The highest BCUT2D eigenvalue weighted by molar-refractivity contribution is 7.86. The van der Waals surface area contributed by atoms with Gasteiger partial charge in [-0.15, -0.1) is 0 Å². The minimum Gasteiger partial charge on any atom is -0.493 e. The lowest BCUT2D eigenvalue weighted by Crippen LogP contribution is -2.24. The molecule has 0 aliphatic carbocycles. The lowest BCUT2D eigenvalue weighted by atomic mass is 10.1. The van der Waals surface area contributed by atoms with Gasteiger partial charge < -0.3 is 9.47 Å². The summed E-state index contributed by atoms with van der Waals surface area (Å²) in [6.07, 6.45) is -7.43. The Hall–Kier alpha value is -3.54. The van der Waals surface area contributed by atoms with E-state index in [-0.39, 0.29) is 37.6 Å². The summed E-state index contributed by atoms with van der Waals surface area (Å²) in [6, 6.07) is 7.23. The maximum absolute atomic E-state index is 14.5. The average molecular weight is 635 g/mol. The fraction of sp³-hybridized carbons (Fsp3) is 0.391. The van der Waals surface area contributed by atoms with E-state index in [1.54, 1.807) is 0 Å². The van der Waals surface area contributed by atoms with Crippen LogP contribution in [0.25, 0.3) is 0 Å². The van der Waals surface area contributed by atoms with E-state index in [9.17, 15) is 43.2 Å². The Labute approximate surface area is 231 Å². The summed E-state index contributed by atoms with van der Waals surface area (Å²) in [5, 5.41) is 5.61. The van der Waals surface area contributed by atoms with Crippen molar-refractivity contribution in [3.63, 3.8) is 0 Å². The van der Waals surface area contributed by atoms with Crippen molar-refractivity contribution in [3.8, 4) is 11.5 Å². The van der Waals surface area contributed by atoms with Crippen molar-refractivity contribution in [2.24, 2.45) is 10.3 Å². The van der Waals surface area contributed by atoms with E-state index in [4.69, 9.17) is 9.47 Å². The minimum atomic E-state index is -5.00. The van der Waals surface area contributed by atoms with Crippen LogP contribution in [-0.4, -0.2) is 66.1 Å². The topological polar surface area (TPSA) is 130 Å². The molecule has 0 unspecified atom stereocenters. The normalized spacial score (nSPS) is 13.3. The van der Waals surface area contributed by atoms with Crippen molar-refractivity contribution in [2.75, 3.05) is 25.2 Å². The number of oxime groups is 2. The monoisotopic (exact) mass is 634 g/mol. The third-order valence-corrected chi connectivity index (χ3v) is 6.17. The Kier molecular flexibility index (Phi) is 11.8. The molecule has 228 valence electrons. The predicted octanol–water partition coefficient (Wildman–Crippen LogP) is 4.64. The molecule has 0 N–H and O–H groups in total. The first-order valence-electron chi connectivity index (χ1n) is 11.5. The van der Waals surface area contributed by atoms with Crippen LogP contribution in [0, 0.1) is 5.82 Å². The van der Waals surface area contributed by atoms with Gasteiger partial charge in [-0.25, -0.2) is 13.2 Å². The van der Waals surface area contributed by atoms with E-state index in [0.717, 1.165) is 30.3 Å². The average Bonchev–Trinajstić information content (AvgIpc) is 2.84. The lowest BCUT2D eigenvalue weighted by Gasteiger charge is -2.12. The third-order valence-electron chi connectivity index (χ3n) is 4.61. The van der Waals surface area contributed by atoms with Gasteiger partial charge in [0, 0.05) is 23.6 Å². The molecule has 0 fully saturated rings. The number of halogens is 6. The molecule has 0 saturated carbocycles. The van der Waals surface area contributed by atoms with E-state index in [1.165, 1.54) is 19.1 Å². The van der Waals surface area contributed by atoms with Crippen LogP contribution >= 0.6 is 0 Å². The van der Waals surface area contributed by atoms with E-state index in [1.807, 2.05) is 0 Å². The first-order chi connectivity index (χ1) is 19.0. The van der Waals surface area contributed by atoms with Gasteiger partial charge in [0.1, 0.15) is 17.3 Å². The molecule has 2 rings (SSSR count). The van der Waals surface area contributed by atoms with Crippen LogP contribution in [0.15, 0.2) is 52.8 Å². The van der Waals surface area contributed by atoms with Crippen LogP contribution in [0.2, 0.25) is 0 Å². The summed E-state index contributed by atoms with van der Waals surface area (Å²) in [5.74, 6) is -1.51. The van der Waals surface area contributed by atoms with Gasteiger partial charge in [0.2, 0.25) is 0 Å². The molecule has 0 saturated heterocycles. The van der Waals surface area contributed by atoms with Crippen molar-refractivity contribution < 1.29 is 61.2 Å². The zero-order valence-corrected chi connectivity index (χ0v) is 23.0. The van der Waals surface area contributed by atoms with Crippen molar-refractivity contribution >= 4 is 31.7 Å². The smallest absolute Gasteiger partial charge is 0.437 e. The highest BCUT2D eigenvalue weighted by Gasteiger charge is 2.38. The summed E-state index contributed by atoms with van der Waals surface area (Å²) in [4.78, 5) is 0. The van der Waals surface area contributed by atoms with Gasteiger partial charge in [0.25, 0.3) is 6.43 Å². The predicted molar refractivity (Wildman–Crippen MR) is 135 cm³/mol. The summed E-state index contributed by atoms with van der Waals surface area (Å²) in [5.41, 5.74) is -3.95. The molecule has 0 amide bonds. The van der Waals surface area contributed by atoms with E-state index >= 15 is 0 Å². The van der Waals surface area contributed by atoms with E-state index in [0.29, 0.717) is 6.26 Å². The maximum atomic E-state index is 14.5. The SMILES string of the molecule is CCCS(=O)(=O)ON=C(c1ccc(OCCCOc2ccc(/C(=N\OS(C)(=O)=O)C(F)(F)F)cc2)cc1F)C(F)F. The molecule has 2 aromatic carbocycles. The van der Waals surface area contributed by atoms with Crippen LogP contribution in [0.1, 0.15) is 30.9 Å². The summed E-state index contributed by atoms with van der Waals surface area (Å²) < 4.78 is 145. The zero-order chi connectivity index (χ0) is 30.8. The number of ether oxygens (including phenoxy) is 2. The molecule has 2 aromatic rings. The van der Waals surface area contributed by atoms with Crippen LogP contribution in [0.4, 0.5) is 26.3 Å². The minimum absolute atomic E-state index is 0.0169. The molecule has 10 nitrogen and oxygen atoms in total. The molecule has 41 heavy (non-hydrogen) atoms. The number of hydrogen-bond acceptors (Lipinski definition) is 10. The molecule has 0 aliphatic rings. The molecule has 0 heterocycles. The second kappa shape index (κ2) is 14.4. The molecule has 18 heteroatoms. The molecule has 0 radical (unpaired) electrons. The number of alkyl halides is 5. The molecule has 0 bridgehead atoms. The largest absolute Gasteiger partial charge is 0.493 e. The standard InChI is InChI=1S/C23H24F6N2O8S2/c1-3-13-41(34,35)39-30-20(22(25)26)18-10-9-17(14-19(18)24)37-12-4-11-36-16-7-5-15(6-8-16)21(23(27,28)29)31-38-40(2,32)33/h5-10,14,22H,3-4,11-13H2,1-2H3/b30-20?,31-21+. The lowest BCUT2D eigenvalue weighted by molar-refractivity contribution is -0.0597. The van der Waals surface area contributed by atoms with Crippen molar-refractivity contribution in [1.82, 2.24) is 0 Å². The highest BCUT2D eigenvalue weighted by Crippen LogP contribution is 2.25. The fourth-order valence-electron chi connectivity index (χ4n) is 2.91. The van der Waals surface area contributed by atoms with Gasteiger partial charge in [0.05, 0.1) is 25.2 Å². The Balaban J connectivity index is 1.94. The fourth-order valence-corrected chi connectivity index (χ4v) is 3.88. The van der Waals surface area contributed by atoms with Crippen LogP contribution in [-0.2, 0) is 28.8 Å². The number of nitrogens with zero attached hydrogens (tertiary/aromatic N) is 2. The van der Waals surface area contributed by atoms with Gasteiger partial charge in [-0.1, -0.05) is 17.2 Å². The van der Waals surface area contributed by atoms with Gasteiger partial charge in [-0.2, -0.15) is 30.0 Å². The van der Waals surface area contributed by atoms with E-state index < -0.39 is 67.0 Å². The van der Waals surface area contributed by atoms with Gasteiger partial charge >= 0.3 is 26.4 Å².